The molecule has 2 aliphatic heterocycles. The van der Waals surface area contributed by atoms with E-state index in [0.717, 1.165) is 26.3 Å². The van der Waals surface area contributed by atoms with Crippen LogP contribution < -0.4 is 0 Å². The van der Waals surface area contributed by atoms with Crippen LogP contribution in [0.4, 0.5) is 0 Å². The van der Waals surface area contributed by atoms with Crippen molar-refractivity contribution in [1.82, 2.24) is 9.80 Å². The van der Waals surface area contributed by atoms with Crippen LogP contribution in [0.15, 0.2) is 0 Å². The summed E-state index contributed by atoms with van der Waals surface area (Å²) < 4.78 is 22.0. The van der Waals surface area contributed by atoms with Gasteiger partial charge in [0.05, 0.1) is 26.4 Å². The molecule has 0 aromatic carbocycles. The second-order valence-electron chi connectivity index (χ2n) is 5.91. The van der Waals surface area contributed by atoms with Crippen molar-refractivity contribution in [3.63, 3.8) is 0 Å². The third kappa shape index (κ3) is 11.9. The molecule has 2 rings (SSSR count). The Morgan fingerprint density at radius 2 is 1.04 bits per heavy atom. The van der Waals surface area contributed by atoms with Gasteiger partial charge in [0.25, 0.3) is 0 Å². The molecule has 25 heavy (non-hydrogen) atoms. The van der Waals surface area contributed by atoms with Crippen molar-refractivity contribution in [3.05, 3.63) is 0 Å². The molecule has 2 saturated heterocycles. The van der Waals surface area contributed by atoms with Gasteiger partial charge in [0.2, 0.25) is 0 Å². The van der Waals surface area contributed by atoms with Crippen molar-refractivity contribution in [2.45, 2.75) is 0 Å². The summed E-state index contributed by atoms with van der Waals surface area (Å²) in [5, 5.41) is 0. The van der Waals surface area contributed by atoms with Crippen LogP contribution >= 0.6 is 23.5 Å². The average Bonchev–Trinajstić information content (AvgIpc) is 2.67. The predicted molar refractivity (Wildman–Crippen MR) is 107 cm³/mol. The molecule has 144 valence electrons. The van der Waals surface area contributed by atoms with Gasteiger partial charge in [0.1, 0.15) is 13.2 Å². The molecule has 0 spiro atoms. The summed E-state index contributed by atoms with van der Waals surface area (Å²) in [6.45, 7) is 10.9. The highest BCUT2D eigenvalue weighted by atomic mass is 32.2. The first kappa shape index (κ1) is 22.0. The largest absolute Gasteiger partial charge is 1.46 e. The minimum atomic E-state index is 0.0788. The Bertz CT molecular complexity index is 282. The second-order valence-corrected chi connectivity index (χ2v) is 9.11. The maximum Gasteiger partial charge on any atom is 1.46 e. The molecule has 0 amide bonds. The van der Waals surface area contributed by atoms with Crippen LogP contribution in [0, 0.1) is 0 Å². The highest BCUT2D eigenvalue weighted by Gasteiger charge is 2.49. The van der Waals surface area contributed by atoms with E-state index in [-0.39, 0.29) is 10.0 Å². The Morgan fingerprint density at radius 1 is 0.600 bits per heavy atom. The summed E-state index contributed by atoms with van der Waals surface area (Å²) in [6.07, 6.45) is 0. The SMILES string of the molecule is C(CO[Si+2]OCCOCCN1CCSCC1)OCCN1CCSCC1. The minimum Gasteiger partial charge on any atom is -0.377 e. The lowest BCUT2D eigenvalue weighted by Crippen LogP contribution is -2.35. The van der Waals surface area contributed by atoms with E-state index in [9.17, 15) is 0 Å². The van der Waals surface area contributed by atoms with E-state index in [4.69, 9.17) is 18.3 Å². The minimum absolute atomic E-state index is 0.0788. The number of rotatable bonds is 14. The van der Waals surface area contributed by atoms with E-state index in [2.05, 4.69) is 9.80 Å². The zero-order valence-electron chi connectivity index (χ0n) is 15.2. The van der Waals surface area contributed by atoms with E-state index >= 15 is 0 Å². The van der Waals surface area contributed by atoms with E-state index in [1.807, 2.05) is 23.5 Å². The molecule has 2 heterocycles. The van der Waals surface area contributed by atoms with Crippen LogP contribution in [-0.2, 0) is 18.3 Å². The first-order chi connectivity index (χ1) is 12.4. The molecule has 0 aromatic rings. The van der Waals surface area contributed by atoms with E-state index < -0.39 is 0 Å². The van der Waals surface area contributed by atoms with Gasteiger partial charge in [-0.15, -0.1) is 0 Å². The molecule has 2 aliphatic rings. The molecule has 0 saturated carbocycles. The van der Waals surface area contributed by atoms with Crippen molar-refractivity contribution < 1.29 is 18.3 Å². The topological polar surface area (TPSA) is 43.4 Å². The lowest BCUT2D eigenvalue weighted by Gasteiger charge is -2.25. The van der Waals surface area contributed by atoms with Crippen molar-refractivity contribution in [2.24, 2.45) is 0 Å². The molecular weight excluding hydrogens is 376 g/mol. The molecule has 9 heteroatoms. The van der Waals surface area contributed by atoms with Gasteiger partial charge >= 0.3 is 10.0 Å². The van der Waals surface area contributed by atoms with Crippen molar-refractivity contribution >= 4 is 33.5 Å². The van der Waals surface area contributed by atoms with Gasteiger partial charge in [0.15, 0.2) is 0 Å². The Balaban J connectivity index is 1.23. The Labute approximate surface area is 163 Å². The summed E-state index contributed by atoms with van der Waals surface area (Å²) in [4.78, 5) is 4.93. The zero-order chi connectivity index (χ0) is 17.4. The molecule has 0 aliphatic carbocycles. The van der Waals surface area contributed by atoms with Gasteiger partial charge in [-0.3, -0.25) is 9.80 Å². The molecular formula is C16H32N2O4S2Si+2. The van der Waals surface area contributed by atoms with Crippen LogP contribution in [0.25, 0.3) is 0 Å². The molecule has 0 radical (unpaired) electrons. The van der Waals surface area contributed by atoms with Gasteiger partial charge in [-0.1, -0.05) is 0 Å². The van der Waals surface area contributed by atoms with Gasteiger partial charge in [0, 0.05) is 62.3 Å². The van der Waals surface area contributed by atoms with Crippen molar-refractivity contribution in [3.8, 4) is 0 Å². The van der Waals surface area contributed by atoms with Crippen LogP contribution in [-0.4, -0.2) is 122 Å². The van der Waals surface area contributed by atoms with E-state index in [1.54, 1.807) is 0 Å². The van der Waals surface area contributed by atoms with Crippen molar-refractivity contribution in [1.29, 1.82) is 0 Å². The molecule has 0 atom stereocenters. The van der Waals surface area contributed by atoms with Crippen LogP contribution in [0.5, 0.6) is 0 Å². The Kier molecular flexibility index (Phi) is 13.8. The second kappa shape index (κ2) is 15.7. The van der Waals surface area contributed by atoms with Gasteiger partial charge < -0.3 is 9.47 Å². The number of hydrogen-bond donors (Lipinski definition) is 0. The zero-order valence-corrected chi connectivity index (χ0v) is 17.8. The summed E-state index contributed by atoms with van der Waals surface area (Å²) in [6, 6.07) is 0. The standard InChI is InChI=1S/C16H32N2O4S2Si/c1(17-3-13-23-14-4-17)7-19-9-11-21-25-22-12-10-20-8-2-18-5-15-24-16-6-18/h1-16H2/q+2. The number of hydrogen-bond acceptors (Lipinski definition) is 8. The summed E-state index contributed by atoms with van der Waals surface area (Å²) in [5.41, 5.74) is 0. The maximum atomic E-state index is 5.60. The van der Waals surface area contributed by atoms with Crippen LogP contribution in [0.1, 0.15) is 0 Å². The van der Waals surface area contributed by atoms with Gasteiger partial charge in [-0.05, 0) is 8.85 Å². The van der Waals surface area contributed by atoms with Crippen molar-refractivity contribution in [2.75, 3.05) is 102 Å². The quantitative estimate of drug-likeness (QED) is 0.307. The van der Waals surface area contributed by atoms with Crippen LogP contribution in [0.3, 0.4) is 0 Å². The summed E-state index contributed by atoms with van der Waals surface area (Å²) >= 11 is 4.08. The first-order valence-corrected chi connectivity index (χ1v) is 12.3. The number of thioether (sulfide) groups is 2. The lowest BCUT2D eigenvalue weighted by atomic mass is 10.5. The Morgan fingerprint density at radius 3 is 1.48 bits per heavy atom. The fraction of sp³-hybridized carbons (Fsp3) is 1.00. The summed E-state index contributed by atoms with van der Waals surface area (Å²) in [5.74, 6) is 5.01. The normalized spacial score (nSPS) is 19.8. The summed E-state index contributed by atoms with van der Waals surface area (Å²) in [7, 11) is 0.0788. The number of ether oxygens (including phenoxy) is 2. The molecule has 0 aromatic heterocycles. The van der Waals surface area contributed by atoms with Gasteiger partial charge in [-0.25, -0.2) is 0 Å². The maximum absolute atomic E-state index is 5.60. The highest BCUT2D eigenvalue weighted by molar-refractivity contribution is 7.99. The Hall–Kier alpha value is 0.677. The predicted octanol–water partition coefficient (Wildman–Crippen LogP) is 0.685. The third-order valence-corrected chi connectivity index (χ3v) is 6.62. The third-order valence-electron chi connectivity index (χ3n) is 4.09. The smallest absolute Gasteiger partial charge is 0.377 e. The van der Waals surface area contributed by atoms with Gasteiger partial charge in [-0.2, -0.15) is 23.5 Å². The molecule has 6 nitrogen and oxygen atoms in total. The van der Waals surface area contributed by atoms with Crippen LogP contribution in [0.2, 0.25) is 0 Å². The fourth-order valence-corrected chi connectivity index (χ4v) is 4.94. The molecule has 0 unspecified atom stereocenters. The highest BCUT2D eigenvalue weighted by Crippen LogP contribution is 2.08. The van der Waals surface area contributed by atoms with E-state index in [0.29, 0.717) is 26.4 Å². The van der Waals surface area contributed by atoms with E-state index in [1.165, 1.54) is 49.2 Å². The molecule has 2 fully saturated rings. The monoisotopic (exact) mass is 408 g/mol. The first-order valence-electron chi connectivity index (χ1n) is 9.19. The average molecular weight is 409 g/mol. The molecule has 0 N–H and O–H groups in total. The number of nitrogens with zero attached hydrogens (tertiary/aromatic N) is 2. The lowest BCUT2D eigenvalue weighted by molar-refractivity contribution is 0.0623. The molecule has 0 bridgehead atoms. The fourth-order valence-electron chi connectivity index (χ4n) is 2.57.